The Morgan fingerprint density at radius 1 is 1.50 bits per heavy atom. The third-order valence-corrected chi connectivity index (χ3v) is 2.84. The Morgan fingerprint density at radius 3 is 2.50 bits per heavy atom. The van der Waals surface area contributed by atoms with Crippen molar-refractivity contribution in [2.45, 2.75) is 37.4 Å². The van der Waals surface area contributed by atoms with Crippen LogP contribution in [-0.2, 0) is 9.53 Å². The van der Waals surface area contributed by atoms with Crippen molar-refractivity contribution >= 4 is 18.4 Å². The Bertz CT molecular complexity index is 260. The standard InChI is InChI=1S/C9H14F3NO2.ClH/c1-15-7(14)8(13)4-2-3-6(5-8)9(10,11)12;/h6H,2-5,13H2,1H3;1H/t6-,8+;/m0./s1. The lowest BCUT2D eigenvalue weighted by Gasteiger charge is -2.36. The Hall–Kier alpha value is -0.490. The fraction of sp³-hybridized carbons (Fsp3) is 0.889. The molecule has 0 aliphatic heterocycles. The van der Waals surface area contributed by atoms with E-state index in [9.17, 15) is 18.0 Å². The van der Waals surface area contributed by atoms with Crippen molar-refractivity contribution in [3.63, 3.8) is 0 Å². The molecular formula is C9H15ClF3NO2. The average Bonchev–Trinajstić information content (AvgIpc) is 2.15. The maximum atomic E-state index is 12.4. The first-order chi connectivity index (χ1) is 6.79. The van der Waals surface area contributed by atoms with Crippen molar-refractivity contribution in [2.24, 2.45) is 11.7 Å². The lowest BCUT2D eigenvalue weighted by Crippen LogP contribution is -2.53. The number of methoxy groups -OCH3 is 1. The lowest BCUT2D eigenvalue weighted by molar-refractivity contribution is -0.190. The van der Waals surface area contributed by atoms with Crippen LogP contribution in [0.15, 0.2) is 0 Å². The first-order valence-electron chi connectivity index (χ1n) is 4.73. The molecule has 0 aromatic rings. The van der Waals surface area contributed by atoms with Gasteiger partial charge in [0.15, 0.2) is 0 Å². The fourth-order valence-electron chi connectivity index (χ4n) is 1.98. The summed E-state index contributed by atoms with van der Waals surface area (Å²) in [4.78, 5) is 11.2. The highest BCUT2D eigenvalue weighted by Crippen LogP contribution is 2.41. The van der Waals surface area contributed by atoms with Crippen molar-refractivity contribution in [2.75, 3.05) is 7.11 Å². The molecule has 0 bridgehead atoms. The number of esters is 1. The van der Waals surface area contributed by atoms with E-state index in [1.54, 1.807) is 0 Å². The SMILES string of the molecule is COC(=O)[C@@]1(N)CCC[C@H](C(F)(F)F)C1.Cl. The zero-order valence-electron chi connectivity index (χ0n) is 8.84. The van der Waals surface area contributed by atoms with Crippen LogP contribution in [0.3, 0.4) is 0 Å². The first kappa shape index (κ1) is 15.5. The number of hydrogen-bond acceptors (Lipinski definition) is 3. The molecule has 2 N–H and O–H groups in total. The third-order valence-electron chi connectivity index (χ3n) is 2.84. The van der Waals surface area contributed by atoms with Crippen LogP contribution in [0.2, 0.25) is 0 Å². The summed E-state index contributed by atoms with van der Waals surface area (Å²) in [5.41, 5.74) is 4.16. The number of alkyl halides is 3. The van der Waals surface area contributed by atoms with Gasteiger partial charge in [-0.1, -0.05) is 6.42 Å². The molecule has 1 saturated carbocycles. The van der Waals surface area contributed by atoms with Gasteiger partial charge in [-0.15, -0.1) is 12.4 Å². The van der Waals surface area contributed by atoms with Gasteiger partial charge in [0.1, 0.15) is 5.54 Å². The maximum Gasteiger partial charge on any atom is 0.391 e. The van der Waals surface area contributed by atoms with E-state index in [2.05, 4.69) is 4.74 Å². The van der Waals surface area contributed by atoms with E-state index in [1.807, 2.05) is 0 Å². The van der Waals surface area contributed by atoms with Gasteiger partial charge in [-0.2, -0.15) is 13.2 Å². The molecule has 96 valence electrons. The van der Waals surface area contributed by atoms with Crippen LogP contribution < -0.4 is 5.73 Å². The molecule has 0 unspecified atom stereocenters. The van der Waals surface area contributed by atoms with Crippen molar-refractivity contribution in [1.29, 1.82) is 0 Å². The van der Waals surface area contributed by atoms with Gasteiger partial charge in [0.2, 0.25) is 0 Å². The topological polar surface area (TPSA) is 52.3 Å². The average molecular weight is 262 g/mol. The van der Waals surface area contributed by atoms with Crippen molar-refractivity contribution in [3.8, 4) is 0 Å². The molecule has 2 atom stereocenters. The highest BCUT2D eigenvalue weighted by Gasteiger charge is 2.49. The van der Waals surface area contributed by atoms with Gasteiger partial charge in [-0.25, -0.2) is 0 Å². The van der Waals surface area contributed by atoms with E-state index in [0.29, 0.717) is 6.42 Å². The number of halogens is 4. The summed E-state index contributed by atoms with van der Waals surface area (Å²) in [6.45, 7) is 0. The minimum Gasteiger partial charge on any atom is -0.468 e. The number of hydrogen-bond donors (Lipinski definition) is 1. The van der Waals surface area contributed by atoms with Gasteiger partial charge in [0.25, 0.3) is 0 Å². The smallest absolute Gasteiger partial charge is 0.391 e. The molecule has 0 spiro atoms. The molecule has 16 heavy (non-hydrogen) atoms. The van der Waals surface area contributed by atoms with Gasteiger partial charge in [0.05, 0.1) is 13.0 Å². The van der Waals surface area contributed by atoms with E-state index in [0.717, 1.165) is 7.11 Å². The predicted molar refractivity (Wildman–Crippen MR) is 54.2 cm³/mol. The maximum absolute atomic E-state index is 12.4. The van der Waals surface area contributed by atoms with E-state index < -0.39 is 23.6 Å². The summed E-state index contributed by atoms with van der Waals surface area (Å²) in [6, 6.07) is 0. The predicted octanol–water partition coefficient (Wildman–Crippen LogP) is 2.03. The molecule has 0 saturated heterocycles. The largest absolute Gasteiger partial charge is 0.468 e. The molecule has 7 heteroatoms. The summed E-state index contributed by atoms with van der Waals surface area (Å²) in [5, 5.41) is 0. The molecule has 1 fully saturated rings. The molecule has 1 aliphatic rings. The summed E-state index contributed by atoms with van der Waals surface area (Å²) >= 11 is 0. The monoisotopic (exact) mass is 261 g/mol. The van der Waals surface area contributed by atoms with E-state index >= 15 is 0 Å². The zero-order chi connectivity index (χ0) is 11.7. The second-order valence-corrected chi connectivity index (χ2v) is 3.98. The number of carbonyl (C=O) groups is 1. The first-order valence-corrected chi connectivity index (χ1v) is 4.73. The fourth-order valence-corrected chi connectivity index (χ4v) is 1.98. The number of carbonyl (C=O) groups excluding carboxylic acids is 1. The Labute approximate surface area is 97.9 Å². The van der Waals surface area contributed by atoms with Crippen LogP contribution in [0.5, 0.6) is 0 Å². The molecule has 0 heterocycles. The highest BCUT2D eigenvalue weighted by atomic mass is 35.5. The molecular weight excluding hydrogens is 247 g/mol. The highest BCUT2D eigenvalue weighted by molar-refractivity contribution is 5.85. The summed E-state index contributed by atoms with van der Waals surface area (Å²) < 4.78 is 41.8. The van der Waals surface area contributed by atoms with Crippen LogP contribution in [0.1, 0.15) is 25.7 Å². The van der Waals surface area contributed by atoms with Crippen LogP contribution in [-0.4, -0.2) is 24.8 Å². The molecule has 3 nitrogen and oxygen atoms in total. The quantitative estimate of drug-likeness (QED) is 0.735. The minimum absolute atomic E-state index is 0. The molecule has 1 aliphatic carbocycles. The van der Waals surface area contributed by atoms with Crippen LogP contribution >= 0.6 is 12.4 Å². The van der Waals surface area contributed by atoms with Gasteiger partial charge < -0.3 is 10.5 Å². The molecule has 0 radical (unpaired) electrons. The normalized spacial score (nSPS) is 30.4. The zero-order valence-corrected chi connectivity index (χ0v) is 9.66. The van der Waals surface area contributed by atoms with E-state index in [4.69, 9.17) is 5.73 Å². The van der Waals surface area contributed by atoms with Crippen molar-refractivity contribution < 1.29 is 22.7 Å². The lowest BCUT2D eigenvalue weighted by atomic mass is 9.76. The second-order valence-electron chi connectivity index (χ2n) is 3.98. The summed E-state index contributed by atoms with van der Waals surface area (Å²) in [6.07, 6.45) is -4.05. The van der Waals surface area contributed by atoms with Crippen LogP contribution in [0, 0.1) is 5.92 Å². The van der Waals surface area contributed by atoms with Gasteiger partial charge in [-0.05, 0) is 19.3 Å². The van der Waals surface area contributed by atoms with Gasteiger partial charge in [0, 0.05) is 0 Å². The Kier molecular flexibility index (Phi) is 5.07. The van der Waals surface area contributed by atoms with E-state index in [-0.39, 0.29) is 31.7 Å². The molecule has 0 aromatic heterocycles. The Balaban J connectivity index is 0.00000225. The van der Waals surface area contributed by atoms with Crippen molar-refractivity contribution in [3.05, 3.63) is 0 Å². The van der Waals surface area contributed by atoms with Crippen molar-refractivity contribution in [1.82, 2.24) is 0 Å². The molecule has 0 amide bonds. The molecule has 0 aromatic carbocycles. The van der Waals surface area contributed by atoms with E-state index in [1.165, 1.54) is 0 Å². The number of ether oxygens (including phenoxy) is 1. The van der Waals surface area contributed by atoms with Crippen LogP contribution in [0.4, 0.5) is 13.2 Å². The summed E-state index contributed by atoms with van der Waals surface area (Å²) in [5.74, 6) is -2.24. The van der Waals surface area contributed by atoms with Gasteiger partial charge in [-0.3, -0.25) is 4.79 Å². The second kappa shape index (κ2) is 5.23. The summed E-state index contributed by atoms with van der Waals surface area (Å²) in [7, 11) is 1.13. The Morgan fingerprint density at radius 2 is 2.06 bits per heavy atom. The minimum atomic E-state index is -4.28. The number of nitrogens with two attached hydrogens (primary N) is 1. The van der Waals surface area contributed by atoms with Gasteiger partial charge >= 0.3 is 12.1 Å². The number of rotatable bonds is 1. The third kappa shape index (κ3) is 3.25. The molecule has 1 rings (SSSR count). The van der Waals surface area contributed by atoms with Crippen LogP contribution in [0.25, 0.3) is 0 Å².